The molecule has 0 spiro atoms. The van der Waals surface area contributed by atoms with Crippen molar-refractivity contribution in [3.63, 3.8) is 0 Å². The van der Waals surface area contributed by atoms with E-state index in [1.54, 1.807) is 18.9 Å². The van der Waals surface area contributed by atoms with Gasteiger partial charge in [0.25, 0.3) is 0 Å². The van der Waals surface area contributed by atoms with Gasteiger partial charge in [-0.05, 0) is 12.1 Å². The van der Waals surface area contributed by atoms with Crippen LogP contribution in [0, 0.1) is 0 Å². The van der Waals surface area contributed by atoms with Gasteiger partial charge in [-0.2, -0.15) is 11.8 Å². The Hall–Kier alpha value is -1.20. The molecule has 2 N–H and O–H groups in total. The van der Waals surface area contributed by atoms with Crippen molar-refractivity contribution in [2.75, 3.05) is 30.5 Å². The average molecular weight is 252 g/mol. The Morgan fingerprint density at radius 2 is 2.47 bits per heavy atom. The quantitative estimate of drug-likeness (QED) is 0.852. The van der Waals surface area contributed by atoms with Gasteiger partial charge in [-0.1, -0.05) is 6.07 Å². The number of methoxy groups -OCH3 is 1. The first-order chi connectivity index (χ1) is 8.29. The molecule has 5 heteroatoms. The maximum atomic E-state index is 11.9. The normalized spacial score (nSPS) is 19.7. The van der Waals surface area contributed by atoms with Crippen molar-refractivity contribution < 1.29 is 9.53 Å². The van der Waals surface area contributed by atoms with E-state index >= 15 is 0 Å². The van der Waals surface area contributed by atoms with Crippen LogP contribution in [0.5, 0.6) is 5.75 Å². The number of benzene rings is 1. The zero-order chi connectivity index (χ0) is 12.1. The highest BCUT2D eigenvalue weighted by molar-refractivity contribution is 7.99. The van der Waals surface area contributed by atoms with Gasteiger partial charge in [-0.15, -0.1) is 0 Å². The highest BCUT2D eigenvalue weighted by Gasteiger charge is 2.20. The number of amides is 1. The molecule has 17 heavy (non-hydrogen) atoms. The zero-order valence-corrected chi connectivity index (χ0v) is 10.5. The Balaban J connectivity index is 1.96. The summed E-state index contributed by atoms with van der Waals surface area (Å²) < 4.78 is 5.11. The molecular weight excluding hydrogens is 236 g/mol. The summed E-state index contributed by atoms with van der Waals surface area (Å²) in [5.74, 6) is 2.66. The minimum Gasteiger partial charge on any atom is -0.497 e. The van der Waals surface area contributed by atoms with E-state index < -0.39 is 0 Å². The van der Waals surface area contributed by atoms with Crippen molar-refractivity contribution in [2.24, 2.45) is 0 Å². The van der Waals surface area contributed by atoms with E-state index in [9.17, 15) is 4.79 Å². The lowest BCUT2D eigenvalue weighted by Gasteiger charge is -2.22. The third-order valence-electron chi connectivity index (χ3n) is 2.58. The van der Waals surface area contributed by atoms with Crippen LogP contribution in [0.2, 0.25) is 0 Å². The van der Waals surface area contributed by atoms with Crippen LogP contribution in [0.1, 0.15) is 0 Å². The molecule has 1 heterocycles. The van der Waals surface area contributed by atoms with Crippen LogP contribution in [-0.4, -0.2) is 37.1 Å². The Kier molecular flexibility index (Phi) is 4.28. The summed E-state index contributed by atoms with van der Waals surface area (Å²) in [7, 11) is 1.61. The van der Waals surface area contributed by atoms with Gasteiger partial charge in [0.15, 0.2) is 0 Å². The fraction of sp³-hybridized carbons (Fsp3) is 0.417. The lowest BCUT2D eigenvalue weighted by molar-refractivity contribution is -0.117. The molecule has 1 amide bonds. The number of hydrogen-bond acceptors (Lipinski definition) is 4. The lowest BCUT2D eigenvalue weighted by atomic mass is 10.2. The molecule has 1 aromatic rings. The fourth-order valence-corrected chi connectivity index (χ4v) is 2.60. The summed E-state index contributed by atoms with van der Waals surface area (Å²) in [6.07, 6.45) is 0. The Morgan fingerprint density at radius 1 is 1.59 bits per heavy atom. The molecule has 1 saturated heterocycles. The van der Waals surface area contributed by atoms with E-state index in [2.05, 4.69) is 10.6 Å². The summed E-state index contributed by atoms with van der Waals surface area (Å²) in [5, 5.41) is 6.10. The largest absolute Gasteiger partial charge is 0.497 e. The zero-order valence-electron chi connectivity index (χ0n) is 9.73. The molecule has 0 saturated carbocycles. The SMILES string of the molecule is COc1cccc(NC(=O)C2CSCCN2)c1. The minimum absolute atomic E-state index is 0.0189. The Morgan fingerprint density at radius 3 is 3.18 bits per heavy atom. The van der Waals surface area contributed by atoms with Gasteiger partial charge < -0.3 is 15.4 Å². The van der Waals surface area contributed by atoms with E-state index in [0.717, 1.165) is 29.5 Å². The van der Waals surface area contributed by atoms with Gasteiger partial charge >= 0.3 is 0 Å². The first kappa shape index (κ1) is 12.3. The second kappa shape index (κ2) is 5.93. The second-order valence-electron chi connectivity index (χ2n) is 3.80. The van der Waals surface area contributed by atoms with Gasteiger partial charge in [0, 0.05) is 29.8 Å². The molecule has 1 atom stereocenters. The summed E-state index contributed by atoms with van der Waals surface area (Å²) >= 11 is 1.80. The van der Waals surface area contributed by atoms with Crippen molar-refractivity contribution in [1.82, 2.24) is 5.32 Å². The van der Waals surface area contributed by atoms with Crippen LogP contribution in [0.25, 0.3) is 0 Å². The number of thioether (sulfide) groups is 1. The summed E-state index contributed by atoms with van der Waals surface area (Å²) in [6, 6.07) is 7.28. The van der Waals surface area contributed by atoms with Crippen LogP contribution in [0.3, 0.4) is 0 Å². The van der Waals surface area contributed by atoms with Gasteiger partial charge in [0.1, 0.15) is 5.75 Å². The predicted octanol–water partition coefficient (Wildman–Crippen LogP) is 1.34. The van der Waals surface area contributed by atoms with E-state index in [0.29, 0.717) is 0 Å². The summed E-state index contributed by atoms with van der Waals surface area (Å²) in [5.41, 5.74) is 0.770. The monoisotopic (exact) mass is 252 g/mol. The number of nitrogens with one attached hydrogen (secondary N) is 2. The topological polar surface area (TPSA) is 50.4 Å². The maximum absolute atomic E-state index is 11.9. The third kappa shape index (κ3) is 3.38. The maximum Gasteiger partial charge on any atom is 0.242 e. The molecule has 0 bridgehead atoms. The summed E-state index contributed by atoms with van der Waals surface area (Å²) in [6.45, 7) is 0.890. The number of rotatable bonds is 3. The van der Waals surface area contributed by atoms with E-state index in [1.807, 2.05) is 24.3 Å². The molecule has 1 aliphatic heterocycles. The number of ether oxygens (including phenoxy) is 1. The molecule has 1 fully saturated rings. The molecule has 1 unspecified atom stereocenters. The van der Waals surface area contributed by atoms with Crippen molar-refractivity contribution in [3.8, 4) is 5.75 Å². The van der Waals surface area contributed by atoms with E-state index in [-0.39, 0.29) is 11.9 Å². The average Bonchev–Trinajstić information content (AvgIpc) is 2.40. The standard InChI is InChI=1S/C12H16N2O2S/c1-16-10-4-2-3-9(7-10)14-12(15)11-8-17-6-5-13-11/h2-4,7,11,13H,5-6,8H2,1H3,(H,14,15). The molecule has 1 aromatic carbocycles. The fourth-order valence-electron chi connectivity index (χ4n) is 1.66. The van der Waals surface area contributed by atoms with Crippen LogP contribution >= 0.6 is 11.8 Å². The number of carbonyl (C=O) groups excluding carboxylic acids is 1. The van der Waals surface area contributed by atoms with Crippen LogP contribution in [0.4, 0.5) is 5.69 Å². The Bertz CT molecular complexity index is 392. The number of carbonyl (C=O) groups is 1. The number of anilines is 1. The second-order valence-corrected chi connectivity index (χ2v) is 4.95. The van der Waals surface area contributed by atoms with Crippen LogP contribution < -0.4 is 15.4 Å². The Labute approximate surface area is 105 Å². The van der Waals surface area contributed by atoms with Crippen LogP contribution in [-0.2, 0) is 4.79 Å². The van der Waals surface area contributed by atoms with Gasteiger partial charge in [-0.25, -0.2) is 0 Å². The van der Waals surface area contributed by atoms with Gasteiger partial charge in [-0.3, -0.25) is 4.79 Å². The highest BCUT2D eigenvalue weighted by Crippen LogP contribution is 2.17. The molecule has 1 aliphatic rings. The van der Waals surface area contributed by atoms with Crippen molar-refractivity contribution >= 4 is 23.4 Å². The third-order valence-corrected chi connectivity index (χ3v) is 3.64. The van der Waals surface area contributed by atoms with Gasteiger partial charge in [0.05, 0.1) is 13.2 Å². The van der Waals surface area contributed by atoms with Crippen LogP contribution in [0.15, 0.2) is 24.3 Å². The molecule has 4 nitrogen and oxygen atoms in total. The smallest absolute Gasteiger partial charge is 0.242 e. The highest BCUT2D eigenvalue weighted by atomic mass is 32.2. The van der Waals surface area contributed by atoms with Crippen molar-refractivity contribution in [2.45, 2.75) is 6.04 Å². The molecule has 0 aromatic heterocycles. The molecular formula is C12H16N2O2S. The molecule has 92 valence electrons. The van der Waals surface area contributed by atoms with E-state index in [4.69, 9.17) is 4.74 Å². The molecule has 0 aliphatic carbocycles. The van der Waals surface area contributed by atoms with Gasteiger partial charge in [0.2, 0.25) is 5.91 Å². The van der Waals surface area contributed by atoms with Crippen molar-refractivity contribution in [3.05, 3.63) is 24.3 Å². The minimum atomic E-state index is -0.0973. The lowest BCUT2D eigenvalue weighted by Crippen LogP contribution is -2.46. The first-order valence-electron chi connectivity index (χ1n) is 5.55. The van der Waals surface area contributed by atoms with Crippen molar-refractivity contribution in [1.29, 1.82) is 0 Å². The predicted molar refractivity (Wildman–Crippen MR) is 70.7 cm³/mol. The summed E-state index contributed by atoms with van der Waals surface area (Å²) in [4.78, 5) is 11.9. The number of hydrogen-bond donors (Lipinski definition) is 2. The molecule has 2 rings (SSSR count). The first-order valence-corrected chi connectivity index (χ1v) is 6.71. The van der Waals surface area contributed by atoms with E-state index in [1.165, 1.54) is 0 Å². The molecule has 0 radical (unpaired) electrons.